The molecule has 0 aromatic heterocycles. The largest absolute Gasteiger partial charge is 0.499 e. The van der Waals surface area contributed by atoms with Crippen LogP contribution in [0.3, 0.4) is 0 Å². The predicted octanol–water partition coefficient (Wildman–Crippen LogP) is 1.66. The van der Waals surface area contributed by atoms with Gasteiger partial charge < -0.3 is 19.1 Å². The summed E-state index contributed by atoms with van der Waals surface area (Å²) in [6.45, 7) is 1.08. The molecule has 0 saturated heterocycles. The summed E-state index contributed by atoms with van der Waals surface area (Å²) in [5.41, 5.74) is 1.55. The lowest BCUT2D eigenvalue weighted by Gasteiger charge is -2.20. The molecule has 1 aromatic rings. The van der Waals surface area contributed by atoms with Crippen LogP contribution in [0.1, 0.15) is 22.3 Å². The van der Waals surface area contributed by atoms with Crippen molar-refractivity contribution in [3.05, 3.63) is 35.6 Å². The van der Waals surface area contributed by atoms with E-state index in [4.69, 9.17) is 14.2 Å². The third kappa shape index (κ3) is 3.16. The van der Waals surface area contributed by atoms with Crippen LogP contribution in [0.2, 0.25) is 0 Å². The molecule has 112 valence electrons. The molecule has 0 radical (unpaired) electrons. The lowest BCUT2D eigenvalue weighted by Crippen LogP contribution is -2.21. The van der Waals surface area contributed by atoms with Gasteiger partial charge in [-0.15, -0.1) is 0 Å². The summed E-state index contributed by atoms with van der Waals surface area (Å²) in [4.78, 5) is 24.5. The summed E-state index contributed by atoms with van der Waals surface area (Å²) in [5, 5.41) is 0. The fourth-order valence-electron chi connectivity index (χ4n) is 2.12. The van der Waals surface area contributed by atoms with Crippen LogP contribution in [-0.4, -0.2) is 44.7 Å². The minimum atomic E-state index is -0.452. The fourth-order valence-corrected chi connectivity index (χ4v) is 2.12. The Bertz CT molecular complexity index is 567. The van der Waals surface area contributed by atoms with Gasteiger partial charge in [0.1, 0.15) is 12.0 Å². The first-order valence-corrected chi connectivity index (χ1v) is 6.51. The Balaban J connectivity index is 2.50. The SMILES string of the molecule is COC(=O)c1ccc(OC)c(C2=COCCCN2C=O)c1. The molecule has 21 heavy (non-hydrogen) atoms. The highest BCUT2D eigenvalue weighted by Crippen LogP contribution is 2.30. The van der Waals surface area contributed by atoms with Crippen LogP contribution in [0.25, 0.3) is 5.70 Å². The Morgan fingerprint density at radius 1 is 1.38 bits per heavy atom. The number of ether oxygens (including phenoxy) is 3. The summed E-state index contributed by atoms with van der Waals surface area (Å²) < 4.78 is 15.4. The lowest BCUT2D eigenvalue weighted by molar-refractivity contribution is -0.115. The minimum absolute atomic E-state index is 0.379. The normalized spacial score (nSPS) is 14.6. The standard InChI is InChI=1S/C15H17NO5/c1-19-14-5-4-11(15(18)20-2)8-12(14)13-9-21-7-3-6-16(13)10-17/h4-5,8-10H,3,6-7H2,1-2H3. The summed E-state index contributed by atoms with van der Waals surface area (Å²) in [6, 6.07) is 4.90. The number of methoxy groups -OCH3 is 2. The van der Waals surface area contributed by atoms with Crippen molar-refractivity contribution < 1.29 is 23.8 Å². The number of carbonyl (C=O) groups excluding carboxylic acids is 2. The third-order valence-corrected chi connectivity index (χ3v) is 3.19. The smallest absolute Gasteiger partial charge is 0.337 e. The first-order chi connectivity index (χ1) is 10.2. The van der Waals surface area contributed by atoms with Crippen molar-refractivity contribution in [3.8, 4) is 5.75 Å². The van der Waals surface area contributed by atoms with Gasteiger partial charge in [0.25, 0.3) is 0 Å². The number of benzene rings is 1. The number of carbonyl (C=O) groups is 2. The molecular weight excluding hydrogens is 274 g/mol. The van der Waals surface area contributed by atoms with Gasteiger partial charge in [-0.2, -0.15) is 0 Å². The number of esters is 1. The zero-order valence-corrected chi connectivity index (χ0v) is 12.0. The third-order valence-electron chi connectivity index (χ3n) is 3.19. The molecule has 1 heterocycles. The summed E-state index contributed by atoms with van der Waals surface area (Å²) >= 11 is 0. The van der Waals surface area contributed by atoms with E-state index in [1.807, 2.05) is 0 Å². The van der Waals surface area contributed by atoms with Crippen molar-refractivity contribution in [1.29, 1.82) is 0 Å². The molecule has 1 aromatic carbocycles. The maximum absolute atomic E-state index is 11.7. The molecule has 0 bridgehead atoms. The molecule has 6 heteroatoms. The van der Waals surface area contributed by atoms with Gasteiger partial charge in [0, 0.05) is 12.1 Å². The van der Waals surface area contributed by atoms with Gasteiger partial charge in [0.05, 0.1) is 32.1 Å². The average Bonchev–Trinajstić information content (AvgIpc) is 2.78. The fraction of sp³-hybridized carbons (Fsp3) is 0.333. The zero-order chi connectivity index (χ0) is 15.2. The summed E-state index contributed by atoms with van der Waals surface area (Å²) in [6.07, 6.45) is 2.99. The van der Waals surface area contributed by atoms with Gasteiger partial charge in [-0.3, -0.25) is 4.79 Å². The van der Waals surface area contributed by atoms with Gasteiger partial charge in [0.15, 0.2) is 0 Å². The van der Waals surface area contributed by atoms with Gasteiger partial charge in [-0.25, -0.2) is 4.79 Å². The van der Waals surface area contributed by atoms with Gasteiger partial charge in [-0.1, -0.05) is 0 Å². The highest BCUT2D eigenvalue weighted by molar-refractivity contribution is 5.91. The number of rotatable bonds is 4. The second-order valence-corrected chi connectivity index (χ2v) is 4.43. The highest BCUT2D eigenvalue weighted by Gasteiger charge is 2.20. The van der Waals surface area contributed by atoms with Crippen LogP contribution >= 0.6 is 0 Å². The second-order valence-electron chi connectivity index (χ2n) is 4.43. The Morgan fingerprint density at radius 2 is 2.19 bits per heavy atom. The molecule has 1 amide bonds. The molecule has 0 unspecified atom stereocenters. The first-order valence-electron chi connectivity index (χ1n) is 6.51. The molecular formula is C15H17NO5. The van der Waals surface area contributed by atoms with Gasteiger partial charge in [0.2, 0.25) is 6.41 Å². The topological polar surface area (TPSA) is 65.1 Å². The van der Waals surface area contributed by atoms with E-state index in [2.05, 4.69) is 0 Å². The van der Waals surface area contributed by atoms with Crippen molar-refractivity contribution in [3.63, 3.8) is 0 Å². The molecule has 0 atom stereocenters. The Kier molecular flexibility index (Phi) is 4.81. The summed E-state index contributed by atoms with van der Waals surface area (Å²) in [5.74, 6) is 0.0953. The molecule has 0 fully saturated rings. The molecule has 0 spiro atoms. The van der Waals surface area contributed by atoms with Crippen LogP contribution in [0.5, 0.6) is 5.75 Å². The van der Waals surface area contributed by atoms with Crippen molar-refractivity contribution in [2.24, 2.45) is 0 Å². The number of amides is 1. The second kappa shape index (κ2) is 6.78. The van der Waals surface area contributed by atoms with E-state index in [-0.39, 0.29) is 0 Å². The highest BCUT2D eigenvalue weighted by atomic mass is 16.5. The van der Waals surface area contributed by atoms with E-state index < -0.39 is 5.97 Å². The van der Waals surface area contributed by atoms with E-state index in [0.717, 1.165) is 12.8 Å². The zero-order valence-electron chi connectivity index (χ0n) is 12.0. The Labute approximate surface area is 122 Å². The minimum Gasteiger partial charge on any atom is -0.499 e. The molecule has 0 N–H and O–H groups in total. The molecule has 2 rings (SSSR count). The van der Waals surface area contributed by atoms with Crippen LogP contribution < -0.4 is 4.74 Å². The van der Waals surface area contributed by atoms with Gasteiger partial charge in [-0.05, 0) is 24.6 Å². The average molecular weight is 291 g/mol. The Morgan fingerprint density at radius 3 is 2.86 bits per heavy atom. The molecule has 6 nitrogen and oxygen atoms in total. The quantitative estimate of drug-likeness (QED) is 0.623. The van der Waals surface area contributed by atoms with Crippen molar-refractivity contribution in [2.75, 3.05) is 27.4 Å². The number of nitrogens with zero attached hydrogens (tertiary/aromatic N) is 1. The van der Waals surface area contributed by atoms with Crippen LogP contribution in [-0.2, 0) is 14.3 Å². The Hall–Kier alpha value is -2.50. The van der Waals surface area contributed by atoms with E-state index in [9.17, 15) is 9.59 Å². The summed E-state index contributed by atoms with van der Waals surface area (Å²) in [7, 11) is 2.85. The molecule has 1 aliphatic heterocycles. The lowest BCUT2D eigenvalue weighted by atomic mass is 10.1. The van der Waals surface area contributed by atoms with E-state index in [1.165, 1.54) is 25.4 Å². The maximum Gasteiger partial charge on any atom is 0.337 e. The molecule has 0 saturated carbocycles. The van der Waals surface area contributed by atoms with Crippen LogP contribution in [0, 0.1) is 0 Å². The van der Waals surface area contributed by atoms with E-state index >= 15 is 0 Å². The molecule has 1 aliphatic rings. The molecule has 0 aliphatic carbocycles. The van der Waals surface area contributed by atoms with Crippen molar-refractivity contribution in [1.82, 2.24) is 4.90 Å². The maximum atomic E-state index is 11.7. The van der Waals surface area contributed by atoms with Crippen LogP contribution in [0.4, 0.5) is 0 Å². The van der Waals surface area contributed by atoms with E-state index in [0.29, 0.717) is 35.7 Å². The van der Waals surface area contributed by atoms with Crippen molar-refractivity contribution in [2.45, 2.75) is 6.42 Å². The number of hydrogen-bond acceptors (Lipinski definition) is 5. The monoisotopic (exact) mass is 291 g/mol. The van der Waals surface area contributed by atoms with Crippen molar-refractivity contribution >= 4 is 18.1 Å². The number of hydrogen-bond donors (Lipinski definition) is 0. The van der Waals surface area contributed by atoms with E-state index in [1.54, 1.807) is 18.2 Å². The predicted molar refractivity (Wildman–Crippen MR) is 75.6 cm³/mol. The van der Waals surface area contributed by atoms with Gasteiger partial charge >= 0.3 is 5.97 Å². The van der Waals surface area contributed by atoms with Crippen LogP contribution in [0.15, 0.2) is 24.5 Å². The first kappa shape index (κ1) is 14.9.